The average Bonchev–Trinajstić information content (AvgIpc) is 2.99. The first-order valence-corrected chi connectivity index (χ1v) is 12.4. The van der Waals surface area contributed by atoms with E-state index in [0.717, 1.165) is 4.57 Å². The van der Waals surface area contributed by atoms with Gasteiger partial charge in [0.1, 0.15) is 22.6 Å². The topological polar surface area (TPSA) is 137 Å². The summed E-state index contributed by atoms with van der Waals surface area (Å²) in [4.78, 5) is 30.5. The predicted octanol–water partition coefficient (Wildman–Crippen LogP) is 2.01. The third-order valence-electron chi connectivity index (χ3n) is 5.59. The number of ether oxygens (including phenoxy) is 1. The Labute approximate surface area is 206 Å². The van der Waals surface area contributed by atoms with Crippen LogP contribution in [-0.4, -0.2) is 42.2 Å². The number of aliphatic hydroxyl groups excluding tert-OH is 1. The minimum atomic E-state index is -4.50. The number of benzene rings is 2. The first-order valence-electron chi connectivity index (χ1n) is 11.0. The maximum absolute atomic E-state index is 13.6. The second-order valence-electron chi connectivity index (χ2n) is 8.34. The fourth-order valence-electron chi connectivity index (χ4n) is 3.75. The predicted molar refractivity (Wildman–Crippen MR) is 126 cm³/mol. The number of aliphatic hydroxyl groups is 1. The van der Waals surface area contributed by atoms with Gasteiger partial charge in [-0.3, -0.25) is 14.2 Å². The van der Waals surface area contributed by atoms with Gasteiger partial charge in [-0.25, -0.2) is 9.37 Å². The van der Waals surface area contributed by atoms with Gasteiger partial charge in [0.05, 0.1) is 19.3 Å². The standard InChI is InChI=1S/C24H24FN3O7S/c1-14-10-16(8-9-18(14)25)11-26-23(30)20-21(35-36(32,33)17-6-4-3-5-7-17)24(31)28-15(2)12-34-13-19(29)22(28)27-20/h3-10,15,19,29H,11-13H2,1-2H3,(H,26,30)/t15-,19?/m0/s1. The number of nitrogens with one attached hydrogen (secondary N) is 1. The monoisotopic (exact) mass is 517 g/mol. The largest absolute Gasteiger partial charge is 0.383 e. The van der Waals surface area contributed by atoms with Crippen molar-refractivity contribution >= 4 is 16.0 Å². The molecule has 0 spiro atoms. The van der Waals surface area contributed by atoms with Gasteiger partial charge in [0, 0.05) is 6.54 Å². The fourth-order valence-corrected chi connectivity index (χ4v) is 4.71. The molecule has 0 bridgehead atoms. The normalized spacial score (nSPS) is 17.7. The molecule has 2 aromatic carbocycles. The molecule has 2 N–H and O–H groups in total. The number of hydrogen-bond donors (Lipinski definition) is 2. The van der Waals surface area contributed by atoms with Crippen LogP contribution in [0.15, 0.2) is 58.2 Å². The van der Waals surface area contributed by atoms with Crippen molar-refractivity contribution in [2.75, 3.05) is 13.2 Å². The third kappa shape index (κ3) is 5.15. The lowest BCUT2D eigenvalue weighted by atomic mass is 10.1. The summed E-state index contributed by atoms with van der Waals surface area (Å²) in [5, 5.41) is 13.0. The molecule has 0 saturated carbocycles. The maximum atomic E-state index is 13.6. The second-order valence-corrected chi connectivity index (χ2v) is 9.89. The minimum Gasteiger partial charge on any atom is -0.383 e. The van der Waals surface area contributed by atoms with Crippen molar-refractivity contribution in [3.63, 3.8) is 0 Å². The van der Waals surface area contributed by atoms with Gasteiger partial charge in [-0.15, -0.1) is 0 Å². The van der Waals surface area contributed by atoms with Crippen molar-refractivity contribution in [1.29, 1.82) is 0 Å². The lowest BCUT2D eigenvalue weighted by Crippen LogP contribution is -2.36. The SMILES string of the molecule is Cc1cc(CNC(=O)c2nc3n(c(=O)c2OS(=O)(=O)c2ccccc2)[C@@H](C)COCC3O)ccc1F. The third-order valence-corrected chi connectivity index (χ3v) is 6.83. The zero-order valence-corrected chi connectivity index (χ0v) is 20.3. The summed E-state index contributed by atoms with van der Waals surface area (Å²) in [5.74, 6) is -2.29. The molecule has 3 aromatic rings. The van der Waals surface area contributed by atoms with Crippen LogP contribution >= 0.6 is 0 Å². The lowest BCUT2D eigenvalue weighted by molar-refractivity contribution is 0.0384. The number of carbonyl (C=O) groups excluding carboxylic acids is 1. The first-order chi connectivity index (χ1) is 17.1. The fraction of sp³-hybridized carbons (Fsp3) is 0.292. The average molecular weight is 518 g/mol. The molecule has 2 atom stereocenters. The molecule has 1 aliphatic heterocycles. The summed E-state index contributed by atoms with van der Waals surface area (Å²) < 4.78 is 51.0. The van der Waals surface area contributed by atoms with E-state index in [2.05, 4.69) is 10.3 Å². The van der Waals surface area contributed by atoms with Crippen molar-refractivity contribution in [3.05, 3.63) is 87.3 Å². The van der Waals surface area contributed by atoms with E-state index in [4.69, 9.17) is 8.92 Å². The molecule has 1 aromatic heterocycles. The summed E-state index contributed by atoms with van der Waals surface area (Å²) >= 11 is 0. The number of amides is 1. The Morgan fingerprint density at radius 1 is 1.25 bits per heavy atom. The molecule has 2 heterocycles. The zero-order chi connectivity index (χ0) is 26.0. The van der Waals surface area contributed by atoms with Crippen LogP contribution in [0, 0.1) is 12.7 Å². The Morgan fingerprint density at radius 3 is 2.67 bits per heavy atom. The highest BCUT2D eigenvalue weighted by molar-refractivity contribution is 7.87. The summed E-state index contributed by atoms with van der Waals surface area (Å²) in [7, 11) is -4.50. The van der Waals surface area contributed by atoms with Crippen molar-refractivity contribution < 1.29 is 31.6 Å². The Bertz CT molecular complexity index is 1460. The van der Waals surface area contributed by atoms with Gasteiger partial charge in [-0.05, 0) is 43.2 Å². The number of halogens is 1. The second kappa shape index (κ2) is 10.2. The van der Waals surface area contributed by atoms with Crippen molar-refractivity contribution in [3.8, 4) is 5.75 Å². The van der Waals surface area contributed by atoms with Crippen LogP contribution in [0.5, 0.6) is 5.75 Å². The van der Waals surface area contributed by atoms with Crippen LogP contribution in [0.1, 0.15) is 46.5 Å². The van der Waals surface area contributed by atoms with Gasteiger partial charge >= 0.3 is 10.1 Å². The van der Waals surface area contributed by atoms with Crippen LogP contribution < -0.4 is 15.1 Å². The summed E-state index contributed by atoms with van der Waals surface area (Å²) in [5.41, 5.74) is -0.634. The molecule has 0 radical (unpaired) electrons. The molecule has 10 nitrogen and oxygen atoms in total. The molecule has 1 amide bonds. The Hall–Kier alpha value is -3.61. The number of aryl methyl sites for hydroxylation is 1. The molecular weight excluding hydrogens is 493 g/mol. The minimum absolute atomic E-state index is 0.0476. The molecule has 0 aliphatic carbocycles. The maximum Gasteiger partial charge on any atom is 0.339 e. The molecule has 1 aliphatic rings. The number of hydrogen-bond acceptors (Lipinski definition) is 8. The van der Waals surface area contributed by atoms with E-state index in [1.165, 1.54) is 42.5 Å². The highest BCUT2D eigenvalue weighted by atomic mass is 32.2. The van der Waals surface area contributed by atoms with Crippen LogP contribution in [0.4, 0.5) is 4.39 Å². The van der Waals surface area contributed by atoms with Crippen molar-refractivity contribution in [1.82, 2.24) is 14.9 Å². The summed E-state index contributed by atoms with van der Waals surface area (Å²) in [6.45, 7) is 3.01. The quantitative estimate of drug-likeness (QED) is 0.474. The van der Waals surface area contributed by atoms with Gasteiger partial charge < -0.3 is 19.3 Å². The van der Waals surface area contributed by atoms with Gasteiger partial charge in [0.2, 0.25) is 5.75 Å². The number of fused-ring (bicyclic) bond motifs is 1. The van der Waals surface area contributed by atoms with E-state index in [1.54, 1.807) is 19.9 Å². The van der Waals surface area contributed by atoms with E-state index in [9.17, 15) is 27.5 Å². The van der Waals surface area contributed by atoms with E-state index in [-0.39, 0.29) is 30.5 Å². The number of rotatable bonds is 6. The van der Waals surface area contributed by atoms with E-state index in [0.29, 0.717) is 11.1 Å². The smallest absolute Gasteiger partial charge is 0.339 e. The first kappa shape index (κ1) is 25.5. The molecule has 4 rings (SSSR count). The van der Waals surface area contributed by atoms with Crippen LogP contribution in [0.2, 0.25) is 0 Å². The molecule has 0 fully saturated rings. The molecule has 12 heteroatoms. The molecule has 190 valence electrons. The summed E-state index contributed by atoms with van der Waals surface area (Å²) in [6, 6.07) is 10.8. The Balaban J connectivity index is 1.78. The zero-order valence-electron chi connectivity index (χ0n) is 19.5. The molecule has 36 heavy (non-hydrogen) atoms. The summed E-state index contributed by atoms with van der Waals surface area (Å²) in [6.07, 6.45) is -1.34. The Kier molecular flexibility index (Phi) is 7.20. The van der Waals surface area contributed by atoms with Crippen molar-refractivity contribution in [2.24, 2.45) is 0 Å². The van der Waals surface area contributed by atoms with Crippen molar-refractivity contribution in [2.45, 2.75) is 37.4 Å². The van der Waals surface area contributed by atoms with Crippen LogP contribution in [0.25, 0.3) is 0 Å². The van der Waals surface area contributed by atoms with Gasteiger partial charge in [-0.2, -0.15) is 8.42 Å². The van der Waals surface area contributed by atoms with Gasteiger partial charge in [0.25, 0.3) is 11.5 Å². The highest BCUT2D eigenvalue weighted by Crippen LogP contribution is 2.25. The highest BCUT2D eigenvalue weighted by Gasteiger charge is 2.32. The lowest BCUT2D eigenvalue weighted by Gasteiger charge is -2.19. The van der Waals surface area contributed by atoms with E-state index < -0.39 is 51.0 Å². The number of carbonyl (C=O) groups is 1. The van der Waals surface area contributed by atoms with Crippen LogP contribution in [0.3, 0.4) is 0 Å². The van der Waals surface area contributed by atoms with Gasteiger partial charge in [0.15, 0.2) is 5.69 Å². The van der Waals surface area contributed by atoms with Crippen LogP contribution in [-0.2, 0) is 21.4 Å². The van der Waals surface area contributed by atoms with Gasteiger partial charge in [-0.1, -0.05) is 30.3 Å². The van der Waals surface area contributed by atoms with E-state index >= 15 is 0 Å². The molecular formula is C24H24FN3O7S. The number of aromatic nitrogens is 2. The Morgan fingerprint density at radius 2 is 1.97 bits per heavy atom. The molecule has 0 saturated heterocycles. The number of nitrogens with zero attached hydrogens (tertiary/aromatic N) is 2. The van der Waals surface area contributed by atoms with E-state index in [1.807, 2.05) is 0 Å². The molecule has 1 unspecified atom stereocenters.